The molecule has 0 atom stereocenters. The van der Waals surface area contributed by atoms with Crippen LogP contribution in [0.25, 0.3) is 6.08 Å². The fraction of sp³-hybridized carbons (Fsp3) is 0.444. The minimum absolute atomic E-state index is 0.137. The predicted octanol–water partition coefficient (Wildman–Crippen LogP) is 2.77. The standard InChI is InChI=1S/C18H25ClN2O2/c1-20(2)11-9-17(22)15(18(23)10-12-21(3)4)13-14-7-5-6-8-16(14)19/h5-8,13H,9-12H2,1-4H3. The fourth-order valence-electron chi connectivity index (χ4n) is 1.98. The quantitative estimate of drug-likeness (QED) is 0.395. The van der Waals surface area contributed by atoms with Crippen molar-refractivity contribution < 1.29 is 9.59 Å². The highest BCUT2D eigenvalue weighted by Gasteiger charge is 2.18. The van der Waals surface area contributed by atoms with Crippen molar-refractivity contribution >= 4 is 29.2 Å². The predicted molar refractivity (Wildman–Crippen MR) is 95.8 cm³/mol. The molecule has 4 nitrogen and oxygen atoms in total. The molecule has 1 aromatic carbocycles. The summed E-state index contributed by atoms with van der Waals surface area (Å²) in [5, 5.41) is 0.533. The van der Waals surface area contributed by atoms with Crippen molar-refractivity contribution in [2.45, 2.75) is 12.8 Å². The van der Waals surface area contributed by atoms with Crippen molar-refractivity contribution in [1.29, 1.82) is 0 Å². The average Bonchev–Trinajstić information content (AvgIpc) is 2.49. The number of allylic oxidation sites excluding steroid dienone is 1. The summed E-state index contributed by atoms with van der Waals surface area (Å²) in [7, 11) is 7.61. The van der Waals surface area contributed by atoms with E-state index in [1.54, 1.807) is 18.2 Å². The topological polar surface area (TPSA) is 40.6 Å². The van der Waals surface area contributed by atoms with E-state index < -0.39 is 0 Å². The molecule has 0 saturated carbocycles. The Morgan fingerprint density at radius 3 is 1.87 bits per heavy atom. The molecule has 0 spiro atoms. The zero-order chi connectivity index (χ0) is 17.4. The van der Waals surface area contributed by atoms with Gasteiger partial charge in [0, 0.05) is 31.0 Å². The molecule has 5 heteroatoms. The Bertz CT molecular complexity index is 554. The van der Waals surface area contributed by atoms with Gasteiger partial charge < -0.3 is 9.80 Å². The smallest absolute Gasteiger partial charge is 0.167 e. The van der Waals surface area contributed by atoms with Gasteiger partial charge in [0.05, 0.1) is 5.57 Å². The molecule has 0 bridgehead atoms. The van der Waals surface area contributed by atoms with Crippen LogP contribution in [0, 0.1) is 0 Å². The lowest BCUT2D eigenvalue weighted by Gasteiger charge is -2.12. The first-order valence-electron chi connectivity index (χ1n) is 7.63. The van der Waals surface area contributed by atoms with E-state index in [0.717, 1.165) is 0 Å². The molecule has 0 amide bonds. The van der Waals surface area contributed by atoms with Gasteiger partial charge in [-0.1, -0.05) is 29.8 Å². The first kappa shape index (κ1) is 19.6. The molecule has 23 heavy (non-hydrogen) atoms. The van der Waals surface area contributed by atoms with E-state index in [1.807, 2.05) is 50.1 Å². The number of carbonyl (C=O) groups is 2. The van der Waals surface area contributed by atoms with Crippen molar-refractivity contribution in [3.05, 3.63) is 40.4 Å². The molecule has 0 aromatic heterocycles. The maximum Gasteiger partial charge on any atom is 0.167 e. The Morgan fingerprint density at radius 1 is 0.957 bits per heavy atom. The molecular weight excluding hydrogens is 312 g/mol. The molecule has 0 aliphatic heterocycles. The summed E-state index contributed by atoms with van der Waals surface area (Å²) >= 11 is 6.15. The van der Waals surface area contributed by atoms with Gasteiger partial charge in [0.15, 0.2) is 11.6 Å². The first-order chi connectivity index (χ1) is 10.8. The molecule has 0 aliphatic carbocycles. The highest BCUT2D eigenvalue weighted by atomic mass is 35.5. The van der Waals surface area contributed by atoms with Gasteiger partial charge in [-0.3, -0.25) is 9.59 Å². The van der Waals surface area contributed by atoms with E-state index in [4.69, 9.17) is 11.6 Å². The number of hydrogen-bond donors (Lipinski definition) is 0. The van der Waals surface area contributed by atoms with Crippen LogP contribution < -0.4 is 0 Å². The Hall–Kier alpha value is -1.49. The number of carbonyl (C=O) groups excluding carboxylic acids is 2. The van der Waals surface area contributed by atoms with Crippen LogP contribution in [0.2, 0.25) is 5.02 Å². The van der Waals surface area contributed by atoms with Crippen molar-refractivity contribution in [3.8, 4) is 0 Å². The molecule has 0 N–H and O–H groups in total. The Labute approximate surface area is 143 Å². The molecule has 1 aromatic rings. The Kier molecular flexibility index (Phi) is 8.17. The number of nitrogens with zero attached hydrogens (tertiary/aromatic N) is 2. The largest absolute Gasteiger partial charge is 0.309 e. The zero-order valence-electron chi connectivity index (χ0n) is 14.3. The maximum absolute atomic E-state index is 12.5. The van der Waals surface area contributed by atoms with Crippen LogP contribution >= 0.6 is 11.6 Å². The van der Waals surface area contributed by atoms with Crippen LogP contribution in [-0.4, -0.2) is 62.6 Å². The van der Waals surface area contributed by atoms with Crippen LogP contribution in [0.5, 0.6) is 0 Å². The highest BCUT2D eigenvalue weighted by Crippen LogP contribution is 2.20. The molecule has 0 saturated heterocycles. The number of hydrogen-bond acceptors (Lipinski definition) is 4. The van der Waals surface area contributed by atoms with E-state index in [1.165, 1.54) is 0 Å². The summed E-state index contributed by atoms with van der Waals surface area (Å²) in [4.78, 5) is 28.8. The molecule has 0 radical (unpaired) electrons. The fourth-order valence-corrected chi connectivity index (χ4v) is 2.17. The van der Waals surface area contributed by atoms with Gasteiger partial charge in [-0.2, -0.15) is 0 Å². The second-order valence-electron chi connectivity index (χ2n) is 6.03. The SMILES string of the molecule is CN(C)CCC(=O)C(=Cc1ccccc1Cl)C(=O)CCN(C)C. The third-order valence-electron chi connectivity index (χ3n) is 3.38. The van der Waals surface area contributed by atoms with Crippen LogP contribution in [0.1, 0.15) is 18.4 Å². The second kappa shape index (κ2) is 9.60. The van der Waals surface area contributed by atoms with Crippen molar-refractivity contribution in [2.24, 2.45) is 0 Å². The summed E-state index contributed by atoms with van der Waals surface area (Å²) < 4.78 is 0. The highest BCUT2D eigenvalue weighted by molar-refractivity contribution is 6.32. The van der Waals surface area contributed by atoms with Crippen molar-refractivity contribution in [1.82, 2.24) is 9.80 Å². The van der Waals surface area contributed by atoms with Crippen LogP contribution in [0.3, 0.4) is 0 Å². The van der Waals surface area contributed by atoms with Crippen molar-refractivity contribution in [3.63, 3.8) is 0 Å². The molecule has 1 rings (SSSR count). The Morgan fingerprint density at radius 2 is 1.43 bits per heavy atom. The molecule has 0 unspecified atom stereocenters. The number of rotatable bonds is 9. The van der Waals surface area contributed by atoms with E-state index in [2.05, 4.69) is 0 Å². The summed E-state index contributed by atoms with van der Waals surface area (Å²) in [6.07, 6.45) is 2.26. The molecule has 0 fully saturated rings. The molecule has 0 aliphatic rings. The lowest BCUT2D eigenvalue weighted by molar-refractivity contribution is -0.121. The zero-order valence-corrected chi connectivity index (χ0v) is 15.1. The number of benzene rings is 1. The normalized spacial score (nSPS) is 10.9. The van der Waals surface area contributed by atoms with Gasteiger partial charge in [-0.05, 0) is 45.9 Å². The van der Waals surface area contributed by atoms with Gasteiger partial charge in [0.2, 0.25) is 0 Å². The van der Waals surface area contributed by atoms with Crippen LogP contribution in [-0.2, 0) is 9.59 Å². The number of Topliss-reactive ketones (excluding diaryl/α,β-unsaturated/α-hetero) is 2. The van der Waals surface area contributed by atoms with Crippen LogP contribution in [0.15, 0.2) is 29.8 Å². The van der Waals surface area contributed by atoms with Gasteiger partial charge >= 0.3 is 0 Å². The minimum Gasteiger partial charge on any atom is -0.309 e. The monoisotopic (exact) mass is 336 g/mol. The van der Waals surface area contributed by atoms with E-state index in [0.29, 0.717) is 36.5 Å². The van der Waals surface area contributed by atoms with E-state index in [-0.39, 0.29) is 17.1 Å². The van der Waals surface area contributed by atoms with Gasteiger partial charge in [-0.15, -0.1) is 0 Å². The molecular formula is C18H25ClN2O2. The molecule has 126 valence electrons. The average molecular weight is 337 g/mol. The summed E-state index contributed by atoms with van der Waals surface area (Å²) in [6, 6.07) is 7.21. The first-order valence-corrected chi connectivity index (χ1v) is 8.01. The Balaban J connectivity index is 3.03. The minimum atomic E-state index is -0.137. The second-order valence-corrected chi connectivity index (χ2v) is 6.44. The maximum atomic E-state index is 12.5. The van der Waals surface area contributed by atoms with Gasteiger partial charge in [0.1, 0.15) is 0 Å². The van der Waals surface area contributed by atoms with E-state index in [9.17, 15) is 9.59 Å². The number of halogens is 1. The summed E-state index contributed by atoms with van der Waals surface area (Å²) in [5.74, 6) is -0.273. The number of ketones is 2. The lowest BCUT2D eigenvalue weighted by Crippen LogP contribution is -2.23. The van der Waals surface area contributed by atoms with Crippen molar-refractivity contribution in [2.75, 3.05) is 41.3 Å². The third-order valence-corrected chi connectivity index (χ3v) is 3.72. The van der Waals surface area contributed by atoms with Gasteiger partial charge in [0.25, 0.3) is 0 Å². The lowest BCUT2D eigenvalue weighted by atomic mass is 9.98. The summed E-state index contributed by atoms with van der Waals surface area (Å²) in [6.45, 7) is 1.22. The van der Waals surface area contributed by atoms with Crippen LogP contribution in [0.4, 0.5) is 0 Å². The summed E-state index contributed by atoms with van der Waals surface area (Å²) in [5.41, 5.74) is 0.933. The van der Waals surface area contributed by atoms with Gasteiger partial charge in [-0.25, -0.2) is 0 Å². The third kappa shape index (κ3) is 7.08. The molecule has 0 heterocycles. The van der Waals surface area contributed by atoms with E-state index >= 15 is 0 Å².